The smallest absolute Gasteiger partial charge is 0.269 e. The second-order valence-corrected chi connectivity index (χ2v) is 9.07. The number of hydrogen-bond donors (Lipinski definition) is 2. The van der Waals surface area contributed by atoms with E-state index in [1.54, 1.807) is 23.7 Å². The van der Waals surface area contributed by atoms with E-state index in [1.165, 1.54) is 29.5 Å². The number of nitrogens with two attached hydrogens (primary N) is 1. The maximum absolute atomic E-state index is 12.3. The van der Waals surface area contributed by atoms with Gasteiger partial charge in [-0.3, -0.25) is 14.9 Å². The van der Waals surface area contributed by atoms with Crippen molar-refractivity contribution < 1.29 is 9.72 Å². The molecule has 0 bridgehead atoms. The van der Waals surface area contributed by atoms with E-state index in [4.69, 9.17) is 5.73 Å². The predicted octanol–water partition coefficient (Wildman–Crippen LogP) is 4.38. The van der Waals surface area contributed by atoms with E-state index in [0.717, 1.165) is 11.1 Å². The molecule has 2 heterocycles. The van der Waals surface area contributed by atoms with Crippen LogP contribution >= 0.6 is 11.8 Å². The van der Waals surface area contributed by atoms with Gasteiger partial charge in [-0.25, -0.2) is 4.68 Å². The fraction of sp³-hybridized carbons (Fsp3) is 0.261. The van der Waals surface area contributed by atoms with Gasteiger partial charge in [0.05, 0.1) is 10.5 Å². The zero-order chi connectivity index (χ0) is 23.7. The molecule has 10 heteroatoms. The number of carbonyl (C=O) groups is 1. The van der Waals surface area contributed by atoms with Crippen LogP contribution < -0.4 is 11.1 Å². The Labute approximate surface area is 195 Å². The van der Waals surface area contributed by atoms with Gasteiger partial charge in [0.25, 0.3) is 5.69 Å². The van der Waals surface area contributed by atoms with Crippen LogP contribution in [0.4, 0.5) is 11.6 Å². The van der Waals surface area contributed by atoms with Crippen molar-refractivity contribution in [3.05, 3.63) is 86.6 Å². The van der Waals surface area contributed by atoms with Gasteiger partial charge in [-0.2, -0.15) is 4.98 Å². The number of primary amides is 1. The number of amides is 1. The first kappa shape index (κ1) is 22.5. The summed E-state index contributed by atoms with van der Waals surface area (Å²) in [5, 5.41) is 19.2. The number of nitro benzene ring substituents is 1. The van der Waals surface area contributed by atoms with Crippen LogP contribution in [0.1, 0.15) is 49.4 Å². The molecule has 0 saturated heterocycles. The highest BCUT2D eigenvalue weighted by Gasteiger charge is 2.33. The largest absolute Gasteiger partial charge is 0.366 e. The number of thioether (sulfide) groups is 1. The minimum absolute atomic E-state index is 0.0513. The highest BCUT2D eigenvalue weighted by molar-refractivity contribution is 7.98. The number of nitrogens with one attached hydrogen (secondary N) is 1. The third-order valence-corrected chi connectivity index (χ3v) is 6.44. The van der Waals surface area contributed by atoms with Gasteiger partial charge in [0, 0.05) is 23.6 Å². The third kappa shape index (κ3) is 4.61. The van der Waals surface area contributed by atoms with Gasteiger partial charge in [-0.1, -0.05) is 62.0 Å². The molecule has 1 amide bonds. The van der Waals surface area contributed by atoms with Gasteiger partial charge in [-0.05, 0) is 29.5 Å². The molecule has 1 aliphatic rings. The molecule has 9 nitrogen and oxygen atoms in total. The molecule has 170 valence electrons. The van der Waals surface area contributed by atoms with Crippen LogP contribution in [0.15, 0.2) is 65.0 Å². The quantitative estimate of drug-likeness (QED) is 0.302. The predicted molar refractivity (Wildman–Crippen MR) is 127 cm³/mol. The fourth-order valence-corrected chi connectivity index (χ4v) is 4.53. The first-order valence-corrected chi connectivity index (χ1v) is 11.4. The van der Waals surface area contributed by atoms with E-state index in [-0.39, 0.29) is 5.69 Å². The van der Waals surface area contributed by atoms with Crippen molar-refractivity contribution in [2.45, 2.75) is 43.6 Å². The Balaban J connectivity index is 1.63. The molecule has 3 aromatic rings. The molecule has 1 unspecified atom stereocenters. The normalized spacial score (nSPS) is 15.3. The fourth-order valence-electron chi connectivity index (χ4n) is 3.74. The number of anilines is 1. The summed E-state index contributed by atoms with van der Waals surface area (Å²) < 4.78 is 1.69. The monoisotopic (exact) mass is 464 g/mol. The minimum Gasteiger partial charge on any atom is -0.366 e. The lowest BCUT2D eigenvalue weighted by Gasteiger charge is -2.27. The van der Waals surface area contributed by atoms with Crippen molar-refractivity contribution in [1.29, 1.82) is 0 Å². The molecule has 0 radical (unpaired) electrons. The Morgan fingerprint density at radius 1 is 1.21 bits per heavy atom. The molecular formula is C23H24N6O3S. The van der Waals surface area contributed by atoms with E-state index < -0.39 is 16.9 Å². The maximum Gasteiger partial charge on any atom is 0.269 e. The summed E-state index contributed by atoms with van der Waals surface area (Å²) in [4.78, 5) is 27.3. The molecule has 0 aliphatic carbocycles. The number of hydrogen-bond acceptors (Lipinski definition) is 7. The number of benzene rings is 2. The van der Waals surface area contributed by atoms with E-state index in [0.29, 0.717) is 34.0 Å². The van der Waals surface area contributed by atoms with Gasteiger partial charge >= 0.3 is 0 Å². The van der Waals surface area contributed by atoms with Gasteiger partial charge < -0.3 is 11.1 Å². The maximum atomic E-state index is 12.3. The van der Waals surface area contributed by atoms with Crippen LogP contribution in [-0.4, -0.2) is 25.6 Å². The Bertz CT molecular complexity index is 1230. The van der Waals surface area contributed by atoms with Crippen molar-refractivity contribution in [3.8, 4) is 0 Å². The van der Waals surface area contributed by atoms with Crippen molar-refractivity contribution in [1.82, 2.24) is 14.8 Å². The minimum atomic E-state index is -0.515. The zero-order valence-electron chi connectivity index (χ0n) is 18.5. The van der Waals surface area contributed by atoms with Crippen LogP contribution in [0.25, 0.3) is 0 Å². The number of nitrogens with zero attached hydrogens (tertiary/aromatic N) is 4. The van der Waals surface area contributed by atoms with E-state index in [9.17, 15) is 14.9 Å². The molecular weight excluding hydrogens is 440 g/mol. The van der Waals surface area contributed by atoms with Gasteiger partial charge in [0.15, 0.2) is 0 Å². The number of carbonyl (C=O) groups excluding carboxylic acids is 1. The van der Waals surface area contributed by atoms with Crippen LogP contribution in [0.3, 0.4) is 0 Å². The number of nitro groups is 1. The molecule has 33 heavy (non-hydrogen) atoms. The Kier molecular flexibility index (Phi) is 6.19. The van der Waals surface area contributed by atoms with Crippen LogP contribution in [0.5, 0.6) is 0 Å². The number of allylic oxidation sites excluding steroid dienone is 1. The molecule has 1 aromatic heterocycles. The molecule has 4 rings (SSSR count). The summed E-state index contributed by atoms with van der Waals surface area (Å²) in [5.74, 6) is 0.953. The SMILES string of the molecule is CC1=C(C(N)=O)C(c2ccc(C(C)C)cc2)n2nc(SCc3ccc([N+](=O)[O-])cc3)nc2N1. The number of non-ortho nitro benzene ring substituents is 1. The Hall–Kier alpha value is -3.66. The first-order chi connectivity index (χ1) is 15.7. The zero-order valence-corrected chi connectivity index (χ0v) is 19.3. The van der Waals surface area contributed by atoms with Crippen molar-refractivity contribution >= 4 is 29.3 Å². The molecule has 2 aromatic carbocycles. The highest BCUT2D eigenvalue weighted by Crippen LogP contribution is 2.36. The summed E-state index contributed by atoms with van der Waals surface area (Å²) in [6, 6.07) is 14.0. The summed E-state index contributed by atoms with van der Waals surface area (Å²) >= 11 is 1.41. The second-order valence-electron chi connectivity index (χ2n) is 8.13. The topological polar surface area (TPSA) is 129 Å². The molecule has 1 atom stereocenters. The van der Waals surface area contributed by atoms with Crippen LogP contribution in [0.2, 0.25) is 0 Å². The average Bonchev–Trinajstić information content (AvgIpc) is 3.19. The highest BCUT2D eigenvalue weighted by atomic mass is 32.2. The number of fused-ring (bicyclic) bond motifs is 1. The second kappa shape index (κ2) is 9.07. The van der Waals surface area contributed by atoms with Gasteiger partial charge in [0.2, 0.25) is 17.0 Å². The molecule has 0 saturated carbocycles. The van der Waals surface area contributed by atoms with E-state index in [2.05, 4.69) is 41.4 Å². The lowest BCUT2D eigenvalue weighted by molar-refractivity contribution is -0.384. The summed E-state index contributed by atoms with van der Waals surface area (Å²) in [6.07, 6.45) is 0. The van der Waals surface area contributed by atoms with Gasteiger partial charge in [0.1, 0.15) is 6.04 Å². The summed E-state index contributed by atoms with van der Waals surface area (Å²) in [7, 11) is 0. The number of aromatic nitrogens is 3. The standard InChI is InChI=1S/C23H24N6O3S/c1-13(2)16-6-8-17(9-7-16)20-19(21(24)30)14(3)25-22-26-23(27-28(20)22)33-12-15-4-10-18(11-5-15)29(31)32/h4-11,13,20H,12H2,1-3H3,(H2,24,30)(H,25,26,27). The van der Waals surface area contributed by atoms with Crippen LogP contribution in [-0.2, 0) is 10.5 Å². The summed E-state index contributed by atoms with van der Waals surface area (Å²) in [5.41, 5.74) is 9.89. The van der Waals surface area contributed by atoms with Gasteiger partial charge in [-0.15, -0.1) is 5.10 Å². The first-order valence-electron chi connectivity index (χ1n) is 10.4. The lowest BCUT2D eigenvalue weighted by Crippen LogP contribution is -2.31. The average molecular weight is 465 g/mol. The molecule has 1 aliphatic heterocycles. The molecule has 0 spiro atoms. The van der Waals surface area contributed by atoms with Crippen molar-refractivity contribution in [3.63, 3.8) is 0 Å². The number of rotatable bonds is 7. The molecule has 0 fully saturated rings. The van der Waals surface area contributed by atoms with Crippen molar-refractivity contribution in [2.75, 3.05) is 5.32 Å². The Morgan fingerprint density at radius 3 is 2.45 bits per heavy atom. The third-order valence-electron chi connectivity index (χ3n) is 5.53. The molecule has 3 N–H and O–H groups in total. The van der Waals surface area contributed by atoms with Crippen LogP contribution in [0, 0.1) is 10.1 Å². The lowest BCUT2D eigenvalue weighted by atomic mass is 9.93. The van der Waals surface area contributed by atoms with E-state index in [1.807, 2.05) is 12.1 Å². The van der Waals surface area contributed by atoms with Crippen molar-refractivity contribution in [2.24, 2.45) is 5.73 Å². The summed E-state index contributed by atoms with van der Waals surface area (Å²) in [6.45, 7) is 6.06. The van der Waals surface area contributed by atoms with E-state index >= 15 is 0 Å². The Morgan fingerprint density at radius 2 is 1.88 bits per heavy atom.